The highest BCUT2D eigenvalue weighted by molar-refractivity contribution is 5.76. The van der Waals surface area contributed by atoms with Gasteiger partial charge in [0.25, 0.3) is 0 Å². The first-order valence-electron chi connectivity index (χ1n) is 11.6. The fourth-order valence-corrected chi connectivity index (χ4v) is 4.39. The molecule has 0 amide bonds. The Morgan fingerprint density at radius 1 is 0.694 bits per heavy atom. The molecule has 1 aliphatic carbocycles. The summed E-state index contributed by atoms with van der Waals surface area (Å²) >= 11 is 0. The number of carbonyl (C=O) groups excluding carboxylic acids is 1. The predicted molar refractivity (Wildman–Crippen MR) is 113 cm³/mol. The highest BCUT2D eigenvalue weighted by Gasteiger charge is 2.37. The largest absolute Gasteiger partial charge is 0.488 e. The normalized spacial score (nSPS) is 17.8. The highest BCUT2D eigenvalue weighted by Crippen LogP contribution is 2.42. The minimum atomic E-state index is -2.40. The van der Waals surface area contributed by atoms with Crippen molar-refractivity contribution < 1.29 is 49.4 Å². The van der Waals surface area contributed by atoms with Gasteiger partial charge >= 0.3 is 5.97 Å². The van der Waals surface area contributed by atoms with Gasteiger partial charge in [-0.3, -0.25) is 4.79 Å². The first-order valence-corrected chi connectivity index (χ1v) is 11.6. The van der Waals surface area contributed by atoms with E-state index in [4.69, 9.17) is 0 Å². The molecule has 0 bridgehead atoms. The van der Waals surface area contributed by atoms with E-state index in [1.807, 2.05) is 6.92 Å². The van der Waals surface area contributed by atoms with Crippen molar-refractivity contribution in [1.29, 1.82) is 0 Å². The summed E-state index contributed by atoms with van der Waals surface area (Å²) < 4.78 is 125. The first-order chi connectivity index (χ1) is 17.0. The van der Waals surface area contributed by atoms with E-state index >= 15 is 0 Å². The van der Waals surface area contributed by atoms with Crippen LogP contribution >= 0.6 is 0 Å². The number of esters is 1. The third kappa shape index (κ3) is 5.15. The van der Waals surface area contributed by atoms with Gasteiger partial charge in [-0.2, -0.15) is 17.6 Å². The van der Waals surface area contributed by atoms with E-state index in [0.29, 0.717) is 31.6 Å². The van der Waals surface area contributed by atoms with Crippen molar-refractivity contribution in [3.05, 3.63) is 46.5 Å². The van der Waals surface area contributed by atoms with Gasteiger partial charge in [-0.1, -0.05) is 26.2 Å². The molecule has 1 aliphatic rings. The Bertz CT molecular complexity index is 1090. The Labute approximate surface area is 202 Å². The summed E-state index contributed by atoms with van der Waals surface area (Å²) in [5.74, 6) is -23.1. The third-order valence-corrected chi connectivity index (χ3v) is 6.33. The number of carbonyl (C=O) groups is 1. The number of benzene rings is 2. The van der Waals surface area contributed by atoms with E-state index in [9.17, 15) is 39.9 Å². The van der Waals surface area contributed by atoms with Gasteiger partial charge in [0.05, 0.1) is 23.7 Å². The first kappa shape index (κ1) is 27.7. The summed E-state index contributed by atoms with van der Waals surface area (Å²) in [5, 5.41) is 0. The summed E-state index contributed by atoms with van der Waals surface area (Å²) in [7, 11) is 0. The average Bonchev–Trinajstić information content (AvgIpc) is 2.87. The van der Waals surface area contributed by atoms with E-state index in [2.05, 4.69) is 9.47 Å². The smallest absolute Gasteiger partial charge is 0.314 e. The van der Waals surface area contributed by atoms with Crippen molar-refractivity contribution in [2.75, 3.05) is 6.61 Å². The monoisotopic (exact) mass is 524 g/mol. The fraction of sp³-hybridized carbons (Fsp3) is 0.480. The van der Waals surface area contributed by atoms with Crippen LogP contribution in [-0.2, 0) is 4.79 Å². The molecule has 0 saturated heterocycles. The van der Waals surface area contributed by atoms with Gasteiger partial charge in [0.1, 0.15) is 0 Å². The van der Waals surface area contributed by atoms with Crippen LogP contribution in [0.5, 0.6) is 11.5 Å². The molecule has 0 N–H and O–H groups in total. The standard InChI is InChI=1S/C25H24F8O3/c1-3-5-6-11-7-9-12(10-8-11)25(34)36-24-21(32)17(28)14(18(29)22(24)33)13-15(26)19(30)23(35-4-2)20(31)16(13)27/h11-12H,3-10H2,1-2H3/t11-,12-. The second-order valence-electron chi connectivity index (χ2n) is 8.63. The van der Waals surface area contributed by atoms with Crippen molar-refractivity contribution in [2.45, 2.75) is 58.8 Å². The molecule has 0 atom stereocenters. The molecule has 3 rings (SSSR count). The van der Waals surface area contributed by atoms with E-state index in [-0.39, 0.29) is 0 Å². The Morgan fingerprint density at radius 3 is 1.56 bits per heavy atom. The molecule has 3 nitrogen and oxygen atoms in total. The number of unbranched alkanes of at least 4 members (excludes halogenated alkanes) is 1. The molecule has 198 valence electrons. The summed E-state index contributed by atoms with van der Waals surface area (Å²) in [6.07, 6.45) is 5.03. The van der Waals surface area contributed by atoms with E-state index in [0.717, 1.165) is 19.3 Å². The van der Waals surface area contributed by atoms with Crippen LogP contribution in [0, 0.1) is 58.4 Å². The maximum absolute atomic E-state index is 14.7. The van der Waals surface area contributed by atoms with Gasteiger partial charge in [0.15, 0.2) is 29.0 Å². The Hall–Kier alpha value is -2.85. The van der Waals surface area contributed by atoms with Gasteiger partial charge in [-0.05, 0) is 38.5 Å². The molecular weight excluding hydrogens is 500 g/mol. The molecular formula is C25H24F8O3. The minimum Gasteiger partial charge on any atom is -0.488 e. The topological polar surface area (TPSA) is 35.5 Å². The van der Waals surface area contributed by atoms with Crippen molar-refractivity contribution in [2.24, 2.45) is 11.8 Å². The van der Waals surface area contributed by atoms with Crippen molar-refractivity contribution in [1.82, 2.24) is 0 Å². The molecule has 2 aromatic carbocycles. The lowest BCUT2D eigenvalue weighted by atomic mass is 9.80. The maximum Gasteiger partial charge on any atom is 0.314 e. The van der Waals surface area contributed by atoms with E-state index < -0.39 is 87.7 Å². The Kier molecular flexibility index (Phi) is 8.84. The quantitative estimate of drug-likeness (QED) is 0.153. The van der Waals surface area contributed by atoms with Gasteiger partial charge < -0.3 is 9.47 Å². The average molecular weight is 524 g/mol. The van der Waals surface area contributed by atoms with Gasteiger partial charge in [-0.15, -0.1) is 0 Å². The lowest BCUT2D eigenvalue weighted by molar-refractivity contribution is -0.140. The van der Waals surface area contributed by atoms with Gasteiger partial charge in [0.2, 0.25) is 29.0 Å². The van der Waals surface area contributed by atoms with Gasteiger partial charge in [0, 0.05) is 0 Å². The molecule has 0 unspecified atom stereocenters. The molecule has 36 heavy (non-hydrogen) atoms. The van der Waals surface area contributed by atoms with Crippen molar-refractivity contribution in [3.63, 3.8) is 0 Å². The van der Waals surface area contributed by atoms with Gasteiger partial charge in [-0.25, -0.2) is 17.6 Å². The number of ether oxygens (including phenoxy) is 2. The maximum atomic E-state index is 14.7. The summed E-state index contributed by atoms with van der Waals surface area (Å²) in [4.78, 5) is 12.4. The SMILES string of the molecule is CCCC[C@H]1CC[C@H](C(=O)Oc2c(F)c(F)c(-c3c(F)c(F)c(OCC)c(F)c3F)c(F)c2F)CC1. The molecule has 11 heteroatoms. The third-order valence-electron chi connectivity index (χ3n) is 6.33. The summed E-state index contributed by atoms with van der Waals surface area (Å²) in [6.45, 7) is 2.87. The second-order valence-corrected chi connectivity index (χ2v) is 8.63. The number of rotatable bonds is 8. The molecule has 1 saturated carbocycles. The van der Waals surface area contributed by atoms with Crippen molar-refractivity contribution >= 4 is 5.97 Å². The predicted octanol–water partition coefficient (Wildman–Crippen LogP) is 7.77. The van der Waals surface area contributed by atoms with Crippen LogP contribution in [0.3, 0.4) is 0 Å². The van der Waals surface area contributed by atoms with Crippen molar-refractivity contribution in [3.8, 4) is 22.6 Å². The second kappa shape index (κ2) is 11.5. The van der Waals surface area contributed by atoms with Crippen LogP contribution < -0.4 is 9.47 Å². The highest BCUT2D eigenvalue weighted by atomic mass is 19.2. The van der Waals surface area contributed by atoms with Crippen LogP contribution in [0.2, 0.25) is 0 Å². The zero-order valence-electron chi connectivity index (χ0n) is 19.6. The Morgan fingerprint density at radius 2 is 1.14 bits per heavy atom. The van der Waals surface area contributed by atoms with Crippen LogP contribution in [0.4, 0.5) is 35.1 Å². The zero-order valence-corrected chi connectivity index (χ0v) is 19.6. The molecule has 0 spiro atoms. The van der Waals surface area contributed by atoms with Crippen LogP contribution in [0.25, 0.3) is 11.1 Å². The number of hydrogen-bond donors (Lipinski definition) is 0. The Balaban J connectivity index is 1.95. The molecule has 1 fully saturated rings. The minimum absolute atomic E-state index is 0.348. The van der Waals surface area contributed by atoms with E-state index in [1.165, 1.54) is 6.92 Å². The van der Waals surface area contributed by atoms with Crippen LogP contribution in [0.15, 0.2) is 0 Å². The molecule has 0 heterocycles. The van der Waals surface area contributed by atoms with E-state index in [1.54, 1.807) is 0 Å². The van der Waals surface area contributed by atoms with Crippen LogP contribution in [-0.4, -0.2) is 12.6 Å². The molecule has 0 radical (unpaired) electrons. The number of halogens is 8. The lowest BCUT2D eigenvalue weighted by Crippen LogP contribution is -2.26. The molecule has 0 aromatic heterocycles. The molecule has 2 aromatic rings. The fourth-order valence-electron chi connectivity index (χ4n) is 4.39. The molecule has 0 aliphatic heterocycles. The van der Waals surface area contributed by atoms with Crippen LogP contribution in [0.1, 0.15) is 58.8 Å². The lowest BCUT2D eigenvalue weighted by Gasteiger charge is -2.27. The summed E-state index contributed by atoms with van der Waals surface area (Å²) in [5.41, 5.74) is -4.07. The summed E-state index contributed by atoms with van der Waals surface area (Å²) in [6, 6.07) is 0. The zero-order chi connectivity index (χ0) is 26.7. The number of hydrogen-bond acceptors (Lipinski definition) is 3.